The molecule has 7 heteroatoms. The fourth-order valence-corrected chi connectivity index (χ4v) is 1.74. The zero-order chi connectivity index (χ0) is 14.7. The third-order valence-electron chi connectivity index (χ3n) is 3.11. The molecule has 0 saturated carbocycles. The van der Waals surface area contributed by atoms with Crippen LogP contribution in [0.3, 0.4) is 0 Å². The van der Waals surface area contributed by atoms with Gasteiger partial charge in [-0.3, -0.25) is 0 Å². The van der Waals surface area contributed by atoms with E-state index in [2.05, 4.69) is 20.6 Å². The lowest BCUT2D eigenvalue weighted by molar-refractivity contribution is 0.559. The highest BCUT2D eigenvalue weighted by atomic mass is 32.2. The first-order valence-corrected chi connectivity index (χ1v) is 8.07. The van der Waals surface area contributed by atoms with Crippen LogP contribution in [0.15, 0.2) is 6.33 Å². The van der Waals surface area contributed by atoms with Crippen LogP contribution in [0.25, 0.3) is 0 Å². The zero-order valence-electron chi connectivity index (χ0n) is 12.1. The molecule has 0 aliphatic carbocycles. The van der Waals surface area contributed by atoms with Crippen LogP contribution in [0.5, 0.6) is 0 Å². The summed E-state index contributed by atoms with van der Waals surface area (Å²) >= 11 is 0. The molecule has 6 nitrogen and oxygen atoms in total. The molecule has 0 atom stereocenters. The first-order valence-electron chi connectivity index (χ1n) is 6.18. The van der Waals surface area contributed by atoms with E-state index in [4.69, 9.17) is 0 Å². The van der Waals surface area contributed by atoms with Crippen molar-refractivity contribution >= 4 is 21.5 Å². The lowest BCUT2D eigenvalue weighted by Gasteiger charge is -2.23. The minimum atomic E-state index is -3.13. The highest BCUT2D eigenvalue weighted by Gasteiger charge is 2.30. The van der Waals surface area contributed by atoms with Crippen LogP contribution in [0.2, 0.25) is 0 Å². The first kappa shape index (κ1) is 15.7. The molecule has 0 amide bonds. The van der Waals surface area contributed by atoms with Gasteiger partial charge < -0.3 is 10.6 Å². The largest absolute Gasteiger partial charge is 0.370 e. The second-order valence-corrected chi connectivity index (χ2v) is 7.76. The summed E-state index contributed by atoms with van der Waals surface area (Å²) in [4.78, 5) is 8.29. The molecule has 1 rings (SSSR count). The fraction of sp³-hybridized carbons (Fsp3) is 0.667. The lowest BCUT2D eigenvalue weighted by atomic mass is 10.2. The molecule has 108 valence electrons. The molecule has 0 aromatic carbocycles. The van der Waals surface area contributed by atoms with Gasteiger partial charge in [0.15, 0.2) is 9.84 Å². The van der Waals surface area contributed by atoms with Crippen molar-refractivity contribution in [1.29, 1.82) is 0 Å². The topological polar surface area (TPSA) is 84.0 Å². The maximum absolute atomic E-state index is 11.6. The van der Waals surface area contributed by atoms with Gasteiger partial charge in [-0.25, -0.2) is 18.4 Å². The summed E-state index contributed by atoms with van der Waals surface area (Å²) in [7, 11) is -3.13. The Morgan fingerprint density at radius 3 is 2.21 bits per heavy atom. The molecule has 1 aromatic rings. The number of nitrogens with one attached hydrogen (secondary N) is 2. The minimum absolute atomic E-state index is 0.301. The molecule has 2 N–H and O–H groups in total. The number of hydrogen-bond donors (Lipinski definition) is 2. The summed E-state index contributed by atoms with van der Waals surface area (Å²) in [5, 5.41) is 6.22. The number of rotatable bonds is 6. The van der Waals surface area contributed by atoms with Gasteiger partial charge in [0.05, 0.1) is 4.75 Å². The number of anilines is 2. The average molecular weight is 286 g/mol. The molecular formula is C12H22N4O2S. The molecule has 0 aliphatic heterocycles. The predicted octanol–water partition coefficient (Wildman–Crippen LogP) is 1.45. The second kappa shape index (κ2) is 5.73. The number of nitrogens with zero attached hydrogens (tertiary/aromatic N) is 2. The number of aromatic nitrogens is 2. The first-order chi connectivity index (χ1) is 8.69. The van der Waals surface area contributed by atoms with Crippen molar-refractivity contribution in [3.05, 3.63) is 11.9 Å². The minimum Gasteiger partial charge on any atom is -0.370 e. The van der Waals surface area contributed by atoms with Crippen molar-refractivity contribution < 1.29 is 8.42 Å². The van der Waals surface area contributed by atoms with E-state index in [9.17, 15) is 8.42 Å². The van der Waals surface area contributed by atoms with Gasteiger partial charge in [0.2, 0.25) is 0 Å². The SMILES string of the molecule is CCNc1ncnc(NCC(C)(C)S(C)(=O)=O)c1C. The van der Waals surface area contributed by atoms with E-state index in [0.29, 0.717) is 12.4 Å². The summed E-state index contributed by atoms with van der Waals surface area (Å²) in [6, 6.07) is 0. The Bertz CT molecular complexity index is 541. The quantitative estimate of drug-likeness (QED) is 0.823. The van der Waals surface area contributed by atoms with Crippen LogP contribution in [-0.4, -0.2) is 42.5 Å². The summed E-state index contributed by atoms with van der Waals surface area (Å²) in [5.41, 5.74) is 0.883. The Balaban J connectivity index is 2.87. The Morgan fingerprint density at radius 2 is 1.74 bits per heavy atom. The van der Waals surface area contributed by atoms with Gasteiger partial charge in [-0.05, 0) is 27.7 Å². The fourth-order valence-electron chi connectivity index (χ4n) is 1.40. The van der Waals surface area contributed by atoms with Crippen molar-refractivity contribution in [2.45, 2.75) is 32.4 Å². The molecule has 0 saturated heterocycles. The maximum atomic E-state index is 11.6. The second-order valence-electron chi connectivity index (χ2n) is 5.11. The summed E-state index contributed by atoms with van der Waals surface area (Å²) in [6.45, 7) is 8.34. The van der Waals surface area contributed by atoms with Crippen molar-refractivity contribution in [3.63, 3.8) is 0 Å². The van der Waals surface area contributed by atoms with Crippen LogP contribution in [0, 0.1) is 6.92 Å². The highest BCUT2D eigenvalue weighted by molar-refractivity contribution is 7.92. The van der Waals surface area contributed by atoms with Crippen molar-refractivity contribution in [2.75, 3.05) is 30.0 Å². The van der Waals surface area contributed by atoms with E-state index >= 15 is 0 Å². The third-order valence-corrected chi connectivity index (χ3v) is 5.27. The van der Waals surface area contributed by atoms with Crippen LogP contribution in [-0.2, 0) is 9.84 Å². The van der Waals surface area contributed by atoms with Gasteiger partial charge in [-0.15, -0.1) is 0 Å². The molecule has 0 aliphatic rings. The standard InChI is InChI=1S/C12H22N4O2S/c1-6-13-10-9(2)11(16-8-15-10)14-7-12(3,4)19(5,17)18/h8H,6-7H2,1-5H3,(H2,13,14,15,16). The molecule has 1 heterocycles. The van der Waals surface area contributed by atoms with Crippen molar-refractivity contribution in [3.8, 4) is 0 Å². The third kappa shape index (κ3) is 3.79. The van der Waals surface area contributed by atoms with E-state index in [1.54, 1.807) is 13.8 Å². The van der Waals surface area contributed by atoms with Gasteiger partial charge in [-0.1, -0.05) is 0 Å². The van der Waals surface area contributed by atoms with Gasteiger partial charge in [0.25, 0.3) is 0 Å². The Kier molecular flexibility index (Phi) is 4.73. The summed E-state index contributed by atoms with van der Waals surface area (Å²) in [6.07, 6.45) is 2.70. The van der Waals surface area contributed by atoms with Gasteiger partial charge >= 0.3 is 0 Å². The molecule has 0 bridgehead atoms. The maximum Gasteiger partial charge on any atom is 0.154 e. The Hall–Kier alpha value is -1.37. The molecule has 0 spiro atoms. The van der Waals surface area contributed by atoms with Crippen molar-refractivity contribution in [2.24, 2.45) is 0 Å². The molecule has 0 unspecified atom stereocenters. The highest BCUT2D eigenvalue weighted by Crippen LogP contribution is 2.20. The van der Waals surface area contributed by atoms with E-state index < -0.39 is 14.6 Å². The van der Waals surface area contributed by atoms with Crippen LogP contribution in [0.1, 0.15) is 26.3 Å². The molecule has 0 radical (unpaired) electrons. The van der Waals surface area contributed by atoms with E-state index in [1.807, 2.05) is 13.8 Å². The zero-order valence-corrected chi connectivity index (χ0v) is 12.9. The summed E-state index contributed by atoms with van der Waals surface area (Å²) in [5.74, 6) is 1.42. The smallest absolute Gasteiger partial charge is 0.154 e. The molecule has 1 aromatic heterocycles. The molecular weight excluding hydrogens is 264 g/mol. The normalized spacial score (nSPS) is 12.3. The summed E-state index contributed by atoms with van der Waals surface area (Å²) < 4.78 is 22.4. The Labute approximate surface area is 115 Å². The van der Waals surface area contributed by atoms with Crippen LogP contribution in [0.4, 0.5) is 11.6 Å². The number of sulfone groups is 1. The lowest BCUT2D eigenvalue weighted by Crippen LogP contribution is -2.38. The van der Waals surface area contributed by atoms with E-state index in [-0.39, 0.29) is 0 Å². The predicted molar refractivity (Wildman–Crippen MR) is 78.3 cm³/mol. The Morgan fingerprint density at radius 1 is 1.21 bits per heavy atom. The van der Waals surface area contributed by atoms with E-state index in [0.717, 1.165) is 17.9 Å². The van der Waals surface area contributed by atoms with Crippen LogP contribution >= 0.6 is 0 Å². The molecule has 19 heavy (non-hydrogen) atoms. The van der Waals surface area contributed by atoms with Gasteiger partial charge in [0, 0.05) is 24.9 Å². The monoisotopic (exact) mass is 286 g/mol. The van der Waals surface area contributed by atoms with Crippen molar-refractivity contribution in [1.82, 2.24) is 9.97 Å². The molecule has 0 fully saturated rings. The van der Waals surface area contributed by atoms with E-state index in [1.165, 1.54) is 12.6 Å². The van der Waals surface area contributed by atoms with Gasteiger partial charge in [0.1, 0.15) is 18.0 Å². The van der Waals surface area contributed by atoms with Crippen LogP contribution < -0.4 is 10.6 Å². The average Bonchev–Trinajstić information content (AvgIpc) is 2.29. The number of hydrogen-bond acceptors (Lipinski definition) is 6. The van der Waals surface area contributed by atoms with Gasteiger partial charge in [-0.2, -0.15) is 0 Å².